The highest BCUT2D eigenvalue weighted by Crippen LogP contribution is 2.09. The first kappa shape index (κ1) is 11.6. The second-order valence-corrected chi connectivity index (χ2v) is 6.86. The fourth-order valence-electron chi connectivity index (χ4n) is 0.141. The summed E-state index contributed by atoms with van der Waals surface area (Å²) in [7, 11) is -8.09. The smallest absolute Gasteiger partial charge is 0.285 e. The Morgan fingerprint density at radius 3 is 2.09 bits per heavy atom. The van der Waals surface area contributed by atoms with E-state index in [1.54, 1.807) is 0 Å². The Balaban J connectivity index is 3.79. The van der Waals surface area contributed by atoms with Crippen molar-refractivity contribution in [2.24, 2.45) is 0 Å². The summed E-state index contributed by atoms with van der Waals surface area (Å²) in [6.07, 6.45) is 0. The lowest BCUT2D eigenvalue weighted by Gasteiger charge is -1.97. The summed E-state index contributed by atoms with van der Waals surface area (Å²) < 4.78 is 50.3. The van der Waals surface area contributed by atoms with Gasteiger partial charge in [-0.3, -0.25) is 13.3 Å². The Kier molecular flexibility index (Phi) is 4.18. The van der Waals surface area contributed by atoms with Crippen molar-refractivity contribution < 1.29 is 25.9 Å². The summed E-state index contributed by atoms with van der Waals surface area (Å²) in [5, 5.41) is 0. The van der Waals surface area contributed by atoms with E-state index in [1.807, 2.05) is 0 Å². The van der Waals surface area contributed by atoms with E-state index in [0.29, 0.717) is 0 Å². The van der Waals surface area contributed by atoms with Crippen LogP contribution in [-0.4, -0.2) is 27.7 Å². The molecule has 0 aromatic heterocycles. The van der Waals surface area contributed by atoms with Gasteiger partial charge in [0, 0.05) is 22.0 Å². The van der Waals surface area contributed by atoms with Crippen molar-refractivity contribution in [2.75, 3.05) is 5.94 Å². The summed E-state index contributed by atoms with van der Waals surface area (Å²) in [6, 6.07) is 0. The van der Waals surface area contributed by atoms with Crippen LogP contribution in [0.5, 0.6) is 0 Å². The third-order valence-corrected chi connectivity index (χ3v) is 2.94. The quantitative estimate of drug-likeness (QED) is 0.390. The molecule has 10 heteroatoms. The van der Waals surface area contributed by atoms with Crippen molar-refractivity contribution in [1.29, 1.82) is 0 Å². The van der Waals surface area contributed by atoms with E-state index in [9.17, 15) is 12.6 Å². The third kappa shape index (κ3) is 10.6. The standard InChI is InChI=1S/CH4O6S4/c2-10(3,4)9-1-7-11(5,6)8/h1H2,(H,2,3,4)(H,5,6,8). The molecule has 0 amide bonds. The molecule has 0 aromatic rings. The van der Waals surface area contributed by atoms with Gasteiger partial charge < -0.3 is 0 Å². The van der Waals surface area contributed by atoms with E-state index < -0.39 is 24.1 Å². The first-order valence-electron chi connectivity index (χ1n) is 1.94. The van der Waals surface area contributed by atoms with Crippen LogP contribution in [0.1, 0.15) is 0 Å². The molecule has 0 aromatic carbocycles. The second-order valence-electron chi connectivity index (χ2n) is 1.21. The molecule has 0 aliphatic carbocycles. The molecule has 0 rings (SSSR count). The molecule has 0 heterocycles. The van der Waals surface area contributed by atoms with E-state index >= 15 is 0 Å². The highest BCUT2D eigenvalue weighted by molar-refractivity contribution is 8.69. The van der Waals surface area contributed by atoms with Gasteiger partial charge in [0.15, 0.2) is 0 Å². The van der Waals surface area contributed by atoms with Gasteiger partial charge >= 0.3 is 9.15 Å². The normalized spacial score (nSPS) is 17.6. The van der Waals surface area contributed by atoms with E-state index in [2.05, 4.69) is 15.4 Å². The Morgan fingerprint density at radius 2 is 1.82 bits per heavy atom. The molecule has 0 fully saturated rings. The Labute approximate surface area is 72.2 Å². The molecule has 0 saturated heterocycles. The Hall–Kier alpha value is 0.550. The topological polar surface area (TPSA) is 101 Å². The molecule has 68 valence electrons. The highest BCUT2D eigenvalue weighted by Gasteiger charge is 2.07. The maximum atomic E-state index is 10.1. The minimum Gasteiger partial charge on any atom is -0.285 e. The zero-order valence-electron chi connectivity index (χ0n) is 4.87. The summed E-state index contributed by atoms with van der Waals surface area (Å²) in [5.41, 5.74) is 0. The summed E-state index contributed by atoms with van der Waals surface area (Å²) >= 11 is 3.84. The molecule has 11 heavy (non-hydrogen) atoms. The first-order valence-corrected chi connectivity index (χ1v) is 7.25. The maximum absolute atomic E-state index is 10.1. The number of hydrogen-bond donors (Lipinski definition) is 2. The molecule has 1 unspecified atom stereocenters. The fraction of sp³-hybridized carbons (Fsp3) is 1.00. The first-order chi connectivity index (χ1) is 4.71. The van der Waals surface area contributed by atoms with Gasteiger partial charge in [-0.2, -0.15) is 12.6 Å². The molecule has 0 bridgehead atoms. The molecule has 0 saturated carbocycles. The third-order valence-electron chi connectivity index (χ3n) is 0.394. The maximum Gasteiger partial charge on any atom is 0.322 e. The Morgan fingerprint density at radius 1 is 1.36 bits per heavy atom. The van der Waals surface area contributed by atoms with Gasteiger partial charge in [-0.05, 0) is 0 Å². The van der Waals surface area contributed by atoms with Gasteiger partial charge in [-0.25, -0.2) is 0 Å². The van der Waals surface area contributed by atoms with E-state index in [-0.39, 0.29) is 10.8 Å². The lowest BCUT2D eigenvalue weighted by atomic mass is 11.7. The molecule has 6 nitrogen and oxygen atoms in total. The lowest BCUT2D eigenvalue weighted by molar-refractivity contribution is 0.362. The predicted molar refractivity (Wildman–Crippen MR) is 43.2 cm³/mol. The van der Waals surface area contributed by atoms with Crippen LogP contribution in [0.25, 0.3) is 0 Å². The van der Waals surface area contributed by atoms with Crippen molar-refractivity contribution in [1.82, 2.24) is 0 Å². The predicted octanol–water partition coefficient (Wildman–Crippen LogP) is -0.369. The van der Waals surface area contributed by atoms with Crippen LogP contribution >= 0.6 is 10.8 Å². The van der Waals surface area contributed by atoms with Crippen LogP contribution in [-0.2, 0) is 33.6 Å². The molecule has 2 N–H and O–H groups in total. The van der Waals surface area contributed by atoms with Gasteiger partial charge in [0.05, 0.1) is 0 Å². The molecule has 0 aliphatic heterocycles. The molecule has 0 radical (unpaired) electrons. The summed E-state index contributed by atoms with van der Waals surface area (Å²) in [5.74, 6) is -0.683. The van der Waals surface area contributed by atoms with Crippen molar-refractivity contribution in [3.63, 3.8) is 0 Å². The van der Waals surface area contributed by atoms with Gasteiger partial charge in [-0.15, -0.1) is 0 Å². The van der Waals surface area contributed by atoms with E-state index in [4.69, 9.17) is 9.11 Å². The van der Waals surface area contributed by atoms with E-state index in [1.165, 1.54) is 0 Å². The number of hydrogen-bond acceptors (Lipinski definition) is 6. The van der Waals surface area contributed by atoms with Crippen LogP contribution in [0.2, 0.25) is 0 Å². The van der Waals surface area contributed by atoms with Crippen molar-refractivity contribution in [3.05, 3.63) is 0 Å². The lowest BCUT2D eigenvalue weighted by Crippen LogP contribution is -2.03. The minimum atomic E-state index is -4.24. The van der Waals surface area contributed by atoms with Crippen molar-refractivity contribution in [2.45, 2.75) is 0 Å². The SMILES string of the molecule is O=S(=O)(O)SCOS(=O)(O)=S. The average Bonchev–Trinajstić information content (AvgIpc) is 1.55. The Bertz CT molecular complexity index is 263. The zero-order valence-corrected chi connectivity index (χ0v) is 8.13. The molecular formula is CH4O6S4. The van der Waals surface area contributed by atoms with Crippen LogP contribution < -0.4 is 0 Å². The van der Waals surface area contributed by atoms with Crippen LogP contribution in [0.4, 0.5) is 0 Å². The van der Waals surface area contributed by atoms with Crippen molar-refractivity contribution in [3.8, 4) is 0 Å². The molecule has 0 aliphatic rings. The van der Waals surface area contributed by atoms with Gasteiger partial charge in [0.25, 0.3) is 9.05 Å². The van der Waals surface area contributed by atoms with Gasteiger partial charge in [0.1, 0.15) is 5.94 Å². The molecular weight excluding hydrogens is 236 g/mol. The molecule has 1 atom stereocenters. The summed E-state index contributed by atoms with van der Waals surface area (Å²) in [6.45, 7) is 0. The van der Waals surface area contributed by atoms with Crippen LogP contribution in [0.15, 0.2) is 0 Å². The van der Waals surface area contributed by atoms with E-state index in [0.717, 1.165) is 0 Å². The largest absolute Gasteiger partial charge is 0.322 e. The average molecular weight is 240 g/mol. The second kappa shape index (κ2) is 3.98. The summed E-state index contributed by atoms with van der Waals surface area (Å²) in [4.78, 5) is 0. The minimum absolute atomic E-state index is 0.0398. The van der Waals surface area contributed by atoms with Crippen molar-refractivity contribution >= 4 is 40.2 Å². The fourth-order valence-corrected chi connectivity index (χ4v) is 1.98. The van der Waals surface area contributed by atoms with Gasteiger partial charge in [0.2, 0.25) is 0 Å². The molecule has 0 spiro atoms. The van der Waals surface area contributed by atoms with Crippen LogP contribution in [0.3, 0.4) is 0 Å². The van der Waals surface area contributed by atoms with Crippen LogP contribution in [0, 0.1) is 0 Å². The monoisotopic (exact) mass is 240 g/mol. The number of rotatable bonds is 4. The van der Waals surface area contributed by atoms with Gasteiger partial charge in [-0.1, -0.05) is 0 Å². The zero-order chi connectivity index (χ0) is 9.12. The highest BCUT2D eigenvalue weighted by atomic mass is 33.1.